The highest BCUT2D eigenvalue weighted by Gasteiger charge is 2.61. The lowest BCUT2D eigenvalue weighted by atomic mass is 9.85. The zero-order valence-corrected chi connectivity index (χ0v) is 11.0. The third kappa shape index (κ3) is 2.76. The van der Waals surface area contributed by atoms with Crippen LogP contribution < -0.4 is 0 Å². The highest BCUT2D eigenvalue weighted by molar-refractivity contribution is 5.72. The fourth-order valence-electron chi connectivity index (χ4n) is 2.45. The van der Waals surface area contributed by atoms with E-state index in [0.29, 0.717) is 12.8 Å². The summed E-state index contributed by atoms with van der Waals surface area (Å²) in [7, 11) is 1.26. The van der Waals surface area contributed by atoms with E-state index in [0.717, 1.165) is 0 Å². The first-order valence-corrected chi connectivity index (χ1v) is 6.33. The van der Waals surface area contributed by atoms with Crippen LogP contribution in [0.5, 0.6) is 0 Å². The zero-order valence-electron chi connectivity index (χ0n) is 11.0. The van der Waals surface area contributed by atoms with Gasteiger partial charge in [-0.25, -0.2) is 0 Å². The van der Waals surface area contributed by atoms with Crippen LogP contribution in [0, 0.1) is 5.92 Å². The summed E-state index contributed by atoms with van der Waals surface area (Å²) < 4.78 is 67.3. The summed E-state index contributed by atoms with van der Waals surface area (Å²) in [6, 6.07) is 0. The number of carbonyl (C=O) groups is 1. The standard InChI is InChI=1S/C12H16F4O4/c1-18-9(17)8-2-4-10(5-3-8)19-6-11(13,14)12(15,16)7-20-10/h8H,2-7H2,1H3. The minimum absolute atomic E-state index is 0.110. The number of hydrogen-bond donors (Lipinski definition) is 0. The second-order valence-corrected chi connectivity index (χ2v) is 5.19. The molecule has 2 aliphatic rings. The Bertz CT molecular complexity index is 358. The van der Waals surface area contributed by atoms with Crippen LogP contribution in [0.2, 0.25) is 0 Å². The van der Waals surface area contributed by atoms with Gasteiger partial charge in [-0.15, -0.1) is 0 Å². The van der Waals surface area contributed by atoms with Gasteiger partial charge in [0.1, 0.15) is 13.2 Å². The van der Waals surface area contributed by atoms with Crippen molar-refractivity contribution in [3.8, 4) is 0 Å². The molecule has 1 aliphatic heterocycles. The average Bonchev–Trinajstić information content (AvgIpc) is 2.50. The molecule has 1 saturated carbocycles. The minimum Gasteiger partial charge on any atom is -0.469 e. The van der Waals surface area contributed by atoms with Gasteiger partial charge in [0.15, 0.2) is 5.79 Å². The maximum absolute atomic E-state index is 13.2. The summed E-state index contributed by atoms with van der Waals surface area (Å²) in [4.78, 5) is 11.4. The van der Waals surface area contributed by atoms with Crippen molar-refractivity contribution in [1.29, 1.82) is 0 Å². The monoisotopic (exact) mass is 300 g/mol. The molecular weight excluding hydrogens is 284 g/mol. The molecule has 0 aromatic heterocycles. The number of alkyl halides is 4. The third-order valence-electron chi connectivity index (χ3n) is 3.85. The highest BCUT2D eigenvalue weighted by atomic mass is 19.3. The lowest BCUT2D eigenvalue weighted by molar-refractivity contribution is -0.254. The molecule has 1 heterocycles. The van der Waals surface area contributed by atoms with E-state index in [4.69, 9.17) is 9.47 Å². The van der Waals surface area contributed by atoms with E-state index < -0.39 is 36.8 Å². The van der Waals surface area contributed by atoms with Gasteiger partial charge in [0.25, 0.3) is 0 Å². The number of methoxy groups -OCH3 is 1. The SMILES string of the molecule is COC(=O)C1CCC2(CC1)OCC(F)(F)C(F)(F)CO2. The first-order valence-electron chi connectivity index (χ1n) is 6.33. The average molecular weight is 300 g/mol. The summed E-state index contributed by atoms with van der Waals surface area (Å²) >= 11 is 0. The lowest BCUT2D eigenvalue weighted by Gasteiger charge is -2.37. The number of carbonyl (C=O) groups excluding carboxylic acids is 1. The first kappa shape index (κ1) is 15.5. The fourth-order valence-corrected chi connectivity index (χ4v) is 2.45. The van der Waals surface area contributed by atoms with Gasteiger partial charge in [0.2, 0.25) is 0 Å². The molecule has 0 N–H and O–H groups in total. The zero-order chi connectivity index (χ0) is 15.0. The molecule has 2 rings (SSSR count). The van der Waals surface area contributed by atoms with E-state index in [9.17, 15) is 22.4 Å². The lowest BCUT2D eigenvalue weighted by Crippen LogP contribution is -2.45. The first-order chi connectivity index (χ1) is 9.21. The molecule has 2 fully saturated rings. The van der Waals surface area contributed by atoms with Gasteiger partial charge < -0.3 is 14.2 Å². The van der Waals surface area contributed by atoms with Crippen LogP contribution in [0.15, 0.2) is 0 Å². The Kier molecular flexibility index (Phi) is 3.98. The summed E-state index contributed by atoms with van der Waals surface area (Å²) in [5, 5.41) is 0. The third-order valence-corrected chi connectivity index (χ3v) is 3.85. The molecular formula is C12H16F4O4. The smallest absolute Gasteiger partial charge is 0.335 e. The predicted octanol–water partition coefficient (Wildman–Crippen LogP) is 2.36. The van der Waals surface area contributed by atoms with Crippen molar-refractivity contribution in [3.63, 3.8) is 0 Å². The van der Waals surface area contributed by atoms with Gasteiger partial charge in [-0.05, 0) is 12.8 Å². The van der Waals surface area contributed by atoms with Crippen LogP contribution in [0.25, 0.3) is 0 Å². The molecule has 8 heteroatoms. The fraction of sp³-hybridized carbons (Fsp3) is 0.917. The van der Waals surface area contributed by atoms with Crippen molar-refractivity contribution in [2.45, 2.75) is 43.3 Å². The molecule has 0 radical (unpaired) electrons. The summed E-state index contributed by atoms with van der Waals surface area (Å²) in [5.41, 5.74) is 0. The van der Waals surface area contributed by atoms with Crippen molar-refractivity contribution in [1.82, 2.24) is 0 Å². The van der Waals surface area contributed by atoms with E-state index in [1.807, 2.05) is 0 Å². The van der Waals surface area contributed by atoms with Gasteiger partial charge in [-0.1, -0.05) is 0 Å². The van der Waals surface area contributed by atoms with Gasteiger partial charge in [0.05, 0.1) is 13.0 Å². The Hall–Kier alpha value is -0.890. The second kappa shape index (κ2) is 5.14. The second-order valence-electron chi connectivity index (χ2n) is 5.19. The van der Waals surface area contributed by atoms with Crippen molar-refractivity contribution in [2.24, 2.45) is 5.92 Å². The molecule has 4 nitrogen and oxygen atoms in total. The van der Waals surface area contributed by atoms with Crippen LogP contribution in [0.3, 0.4) is 0 Å². The van der Waals surface area contributed by atoms with E-state index in [-0.39, 0.29) is 18.8 Å². The maximum Gasteiger partial charge on any atom is 0.335 e. The molecule has 1 saturated heterocycles. The summed E-state index contributed by atoms with van der Waals surface area (Å²) in [5.74, 6) is -10.7. The van der Waals surface area contributed by atoms with E-state index in [2.05, 4.69) is 4.74 Å². The Morgan fingerprint density at radius 2 is 1.50 bits per heavy atom. The predicted molar refractivity (Wildman–Crippen MR) is 58.5 cm³/mol. The topological polar surface area (TPSA) is 44.8 Å². The van der Waals surface area contributed by atoms with Gasteiger partial charge in [-0.3, -0.25) is 4.79 Å². The number of rotatable bonds is 1. The van der Waals surface area contributed by atoms with Crippen molar-refractivity contribution < 1.29 is 36.6 Å². The number of halogens is 4. The number of ether oxygens (including phenoxy) is 3. The molecule has 0 aromatic carbocycles. The molecule has 0 amide bonds. The van der Waals surface area contributed by atoms with Gasteiger partial charge >= 0.3 is 17.8 Å². The largest absolute Gasteiger partial charge is 0.469 e. The quantitative estimate of drug-likeness (QED) is 0.551. The Balaban J connectivity index is 2.03. The maximum atomic E-state index is 13.2. The molecule has 0 aromatic rings. The molecule has 0 unspecified atom stereocenters. The van der Waals surface area contributed by atoms with Crippen LogP contribution in [0.1, 0.15) is 25.7 Å². The van der Waals surface area contributed by atoms with Crippen molar-refractivity contribution >= 4 is 5.97 Å². The molecule has 1 spiro atoms. The van der Waals surface area contributed by atoms with Crippen molar-refractivity contribution in [2.75, 3.05) is 20.3 Å². The van der Waals surface area contributed by atoms with Crippen molar-refractivity contribution in [3.05, 3.63) is 0 Å². The van der Waals surface area contributed by atoms with Crippen LogP contribution in [-0.4, -0.2) is 43.9 Å². The summed E-state index contributed by atoms with van der Waals surface area (Å²) in [6.07, 6.45) is 0.811. The van der Waals surface area contributed by atoms with Crippen LogP contribution in [-0.2, 0) is 19.0 Å². The Morgan fingerprint density at radius 1 is 1.05 bits per heavy atom. The van der Waals surface area contributed by atoms with E-state index in [1.54, 1.807) is 0 Å². The minimum atomic E-state index is -4.25. The molecule has 0 bridgehead atoms. The van der Waals surface area contributed by atoms with Crippen LogP contribution >= 0.6 is 0 Å². The van der Waals surface area contributed by atoms with Gasteiger partial charge in [-0.2, -0.15) is 17.6 Å². The van der Waals surface area contributed by atoms with E-state index in [1.165, 1.54) is 7.11 Å². The highest BCUT2D eigenvalue weighted by Crippen LogP contribution is 2.44. The molecule has 20 heavy (non-hydrogen) atoms. The van der Waals surface area contributed by atoms with Gasteiger partial charge in [0, 0.05) is 12.8 Å². The Labute approximate surface area is 113 Å². The molecule has 116 valence electrons. The molecule has 1 aliphatic carbocycles. The Morgan fingerprint density at radius 3 is 1.90 bits per heavy atom. The van der Waals surface area contributed by atoms with Crippen LogP contribution in [0.4, 0.5) is 17.6 Å². The molecule has 0 atom stereocenters. The summed E-state index contributed by atoms with van der Waals surface area (Å²) in [6.45, 7) is -2.77. The van der Waals surface area contributed by atoms with E-state index >= 15 is 0 Å². The normalized spacial score (nSPS) is 28.9. The number of hydrogen-bond acceptors (Lipinski definition) is 4. The number of esters is 1.